The molecule has 1 aliphatic carbocycles. The van der Waals surface area contributed by atoms with Crippen molar-refractivity contribution in [1.82, 2.24) is 10.2 Å². The average molecular weight is 266 g/mol. The van der Waals surface area contributed by atoms with Gasteiger partial charge in [-0.2, -0.15) is 0 Å². The quantitative estimate of drug-likeness (QED) is 0.788. The summed E-state index contributed by atoms with van der Waals surface area (Å²) in [5.41, 5.74) is -0.121. The van der Waals surface area contributed by atoms with E-state index in [-0.39, 0.29) is 35.2 Å². The Morgan fingerprint density at radius 3 is 2.37 bits per heavy atom. The molecule has 1 aliphatic heterocycles. The number of rotatable bonds is 1. The first-order chi connectivity index (χ1) is 8.63. The first kappa shape index (κ1) is 14.4. The van der Waals surface area contributed by atoms with Crippen LogP contribution in [-0.4, -0.2) is 35.3 Å². The van der Waals surface area contributed by atoms with Crippen LogP contribution < -0.4 is 5.32 Å². The highest BCUT2D eigenvalue weighted by Crippen LogP contribution is 2.41. The zero-order valence-corrected chi connectivity index (χ0v) is 12.7. The normalized spacial score (nSPS) is 31.5. The molecule has 0 aromatic rings. The highest BCUT2D eigenvalue weighted by atomic mass is 16.2. The van der Waals surface area contributed by atoms with Crippen LogP contribution in [0.25, 0.3) is 0 Å². The maximum absolute atomic E-state index is 12.7. The van der Waals surface area contributed by atoms with Crippen LogP contribution in [-0.2, 0) is 9.59 Å². The van der Waals surface area contributed by atoms with Gasteiger partial charge in [0.05, 0.1) is 6.54 Å². The lowest BCUT2D eigenvalue weighted by molar-refractivity contribution is -0.151. The van der Waals surface area contributed by atoms with Gasteiger partial charge in [0, 0.05) is 6.04 Å². The van der Waals surface area contributed by atoms with Crippen molar-refractivity contribution in [3.63, 3.8) is 0 Å². The molecule has 2 unspecified atom stereocenters. The molecule has 0 spiro atoms. The Labute approximate surface area is 115 Å². The first-order valence-corrected chi connectivity index (χ1v) is 7.23. The van der Waals surface area contributed by atoms with E-state index in [1.54, 1.807) is 0 Å². The van der Waals surface area contributed by atoms with Gasteiger partial charge in [-0.3, -0.25) is 9.59 Å². The standard InChI is InChI=1S/C15H26N2O2/c1-14(2,3)12-13(19)17(9-11(18)16-12)10-7-6-8-15(10,4)5/h10,12H,6-9H2,1-5H3,(H,16,18). The van der Waals surface area contributed by atoms with E-state index in [0.717, 1.165) is 19.3 Å². The van der Waals surface area contributed by atoms with Crippen LogP contribution >= 0.6 is 0 Å². The van der Waals surface area contributed by atoms with Crippen molar-refractivity contribution >= 4 is 11.8 Å². The molecule has 1 saturated heterocycles. The molecule has 2 aliphatic rings. The minimum atomic E-state index is -0.398. The lowest BCUT2D eigenvalue weighted by Crippen LogP contribution is -2.65. The Bertz CT molecular complexity index is 395. The van der Waals surface area contributed by atoms with Crippen LogP contribution in [0.15, 0.2) is 0 Å². The predicted molar refractivity (Wildman–Crippen MR) is 74.5 cm³/mol. The van der Waals surface area contributed by atoms with Gasteiger partial charge < -0.3 is 10.2 Å². The summed E-state index contributed by atoms with van der Waals surface area (Å²) >= 11 is 0. The topological polar surface area (TPSA) is 49.4 Å². The number of carbonyl (C=O) groups excluding carboxylic acids is 2. The van der Waals surface area contributed by atoms with Gasteiger partial charge in [0.1, 0.15) is 6.04 Å². The summed E-state index contributed by atoms with van der Waals surface area (Å²) in [6.45, 7) is 10.6. The number of nitrogens with zero attached hydrogens (tertiary/aromatic N) is 1. The molecule has 0 aromatic heterocycles. The van der Waals surface area contributed by atoms with Crippen LogP contribution in [0.3, 0.4) is 0 Å². The second kappa shape index (κ2) is 4.50. The summed E-state index contributed by atoms with van der Waals surface area (Å²) in [5.74, 6) is 0.0642. The molecule has 108 valence electrons. The summed E-state index contributed by atoms with van der Waals surface area (Å²) in [7, 11) is 0. The van der Waals surface area contributed by atoms with Gasteiger partial charge in [-0.05, 0) is 23.7 Å². The third-order valence-corrected chi connectivity index (χ3v) is 4.59. The Kier molecular flexibility index (Phi) is 3.40. The minimum absolute atomic E-state index is 0.0257. The highest BCUT2D eigenvalue weighted by molar-refractivity contribution is 5.95. The fraction of sp³-hybridized carbons (Fsp3) is 0.867. The van der Waals surface area contributed by atoms with E-state index in [9.17, 15) is 9.59 Å². The Morgan fingerprint density at radius 2 is 1.89 bits per heavy atom. The molecular formula is C15H26N2O2. The van der Waals surface area contributed by atoms with Crippen molar-refractivity contribution in [3.05, 3.63) is 0 Å². The minimum Gasteiger partial charge on any atom is -0.342 e. The summed E-state index contributed by atoms with van der Waals surface area (Å²) in [6, 6.07) is -0.193. The van der Waals surface area contributed by atoms with Crippen LogP contribution in [0.5, 0.6) is 0 Å². The number of hydrogen-bond donors (Lipinski definition) is 1. The van der Waals surface area contributed by atoms with E-state index in [0.29, 0.717) is 0 Å². The maximum atomic E-state index is 12.7. The smallest absolute Gasteiger partial charge is 0.246 e. The monoisotopic (exact) mass is 266 g/mol. The van der Waals surface area contributed by atoms with Crippen molar-refractivity contribution in [3.8, 4) is 0 Å². The molecule has 2 rings (SSSR count). The van der Waals surface area contributed by atoms with Gasteiger partial charge in [-0.25, -0.2) is 0 Å². The highest BCUT2D eigenvalue weighted by Gasteiger charge is 2.47. The summed E-state index contributed by atoms with van der Waals surface area (Å²) in [5, 5.41) is 2.86. The zero-order chi connectivity index (χ0) is 14.4. The van der Waals surface area contributed by atoms with Crippen molar-refractivity contribution in [1.29, 1.82) is 0 Å². The van der Waals surface area contributed by atoms with Crippen molar-refractivity contribution in [2.75, 3.05) is 6.54 Å². The van der Waals surface area contributed by atoms with E-state index >= 15 is 0 Å². The molecule has 0 bridgehead atoms. The van der Waals surface area contributed by atoms with Crippen molar-refractivity contribution in [2.24, 2.45) is 10.8 Å². The molecule has 2 atom stereocenters. The van der Waals surface area contributed by atoms with E-state index in [1.165, 1.54) is 0 Å². The van der Waals surface area contributed by atoms with Crippen LogP contribution in [0.1, 0.15) is 53.9 Å². The third kappa shape index (κ3) is 2.63. The molecule has 2 fully saturated rings. The molecule has 1 saturated carbocycles. The fourth-order valence-electron chi connectivity index (χ4n) is 3.40. The molecule has 0 radical (unpaired) electrons. The van der Waals surface area contributed by atoms with Gasteiger partial charge in [-0.15, -0.1) is 0 Å². The van der Waals surface area contributed by atoms with E-state index in [4.69, 9.17) is 0 Å². The molecule has 1 heterocycles. The second-order valence-corrected chi connectivity index (χ2v) is 7.73. The third-order valence-electron chi connectivity index (χ3n) is 4.59. The molecule has 19 heavy (non-hydrogen) atoms. The zero-order valence-electron chi connectivity index (χ0n) is 12.7. The lowest BCUT2D eigenvalue weighted by Gasteiger charge is -2.44. The average Bonchev–Trinajstić information content (AvgIpc) is 2.59. The lowest BCUT2D eigenvalue weighted by atomic mass is 9.82. The van der Waals surface area contributed by atoms with Gasteiger partial charge in [0.25, 0.3) is 0 Å². The molecule has 1 N–H and O–H groups in total. The molecule has 0 aromatic carbocycles. The van der Waals surface area contributed by atoms with E-state index in [2.05, 4.69) is 19.2 Å². The summed E-state index contributed by atoms with van der Waals surface area (Å²) < 4.78 is 0. The largest absolute Gasteiger partial charge is 0.342 e. The number of piperazine rings is 1. The molecule has 2 amide bonds. The van der Waals surface area contributed by atoms with E-state index in [1.807, 2.05) is 25.7 Å². The van der Waals surface area contributed by atoms with Gasteiger partial charge in [-0.1, -0.05) is 41.0 Å². The van der Waals surface area contributed by atoms with Crippen LogP contribution in [0, 0.1) is 10.8 Å². The Morgan fingerprint density at radius 1 is 1.26 bits per heavy atom. The molecule has 4 heteroatoms. The fourth-order valence-corrected chi connectivity index (χ4v) is 3.40. The Balaban J connectivity index is 2.25. The van der Waals surface area contributed by atoms with Crippen LogP contribution in [0.4, 0.5) is 0 Å². The first-order valence-electron chi connectivity index (χ1n) is 7.23. The Hall–Kier alpha value is -1.06. The van der Waals surface area contributed by atoms with Crippen molar-refractivity contribution < 1.29 is 9.59 Å². The number of carbonyl (C=O) groups is 2. The van der Waals surface area contributed by atoms with Gasteiger partial charge in [0.15, 0.2) is 0 Å². The summed E-state index contributed by atoms with van der Waals surface area (Å²) in [4.78, 5) is 26.5. The van der Waals surface area contributed by atoms with Crippen LogP contribution in [0.2, 0.25) is 0 Å². The number of hydrogen-bond acceptors (Lipinski definition) is 2. The van der Waals surface area contributed by atoms with Gasteiger partial charge in [0.2, 0.25) is 11.8 Å². The SMILES string of the molecule is CC(C)(C)C1NC(=O)CN(C2CCCC2(C)C)C1=O. The van der Waals surface area contributed by atoms with Gasteiger partial charge >= 0.3 is 0 Å². The van der Waals surface area contributed by atoms with Crippen molar-refractivity contribution in [2.45, 2.75) is 66.0 Å². The predicted octanol–water partition coefficient (Wildman–Crippen LogP) is 1.94. The number of amides is 2. The molecular weight excluding hydrogens is 240 g/mol. The summed E-state index contributed by atoms with van der Waals surface area (Å²) in [6.07, 6.45) is 3.29. The maximum Gasteiger partial charge on any atom is 0.246 e. The van der Waals surface area contributed by atoms with E-state index < -0.39 is 6.04 Å². The second-order valence-electron chi connectivity index (χ2n) is 7.73. The molecule has 4 nitrogen and oxygen atoms in total. The number of nitrogens with one attached hydrogen (secondary N) is 1.